The summed E-state index contributed by atoms with van der Waals surface area (Å²) in [5.41, 5.74) is 1.19. The molecule has 1 N–H and O–H groups in total. The standard InChI is InChI=1S/C27H32FN3O5S/c1-6-21(7-2)36-27-23(26(32)31-37(33,34)25-10-8-9-18(5)29-25)11-12-24(30-27)19-13-20(28)15-22(14-19)35-16-17(3)4/h8-15,17,21H,6-7,16H2,1-5H3,(H,31,32). The van der Waals surface area contributed by atoms with Crippen molar-refractivity contribution in [3.8, 4) is 22.9 Å². The van der Waals surface area contributed by atoms with E-state index in [0.717, 1.165) is 0 Å². The summed E-state index contributed by atoms with van der Waals surface area (Å²) in [4.78, 5) is 21.6. The van der Waals surface area contributed by atoms with E-state index in [-0.39, 0.29) is 28.5 Å². The Hall–Kier alpha value is -3.53. The van der Waals surface area contributed by atoms with Gasteiger partial charge in [0.25, 0.3) is 15.9 Å². The highest BCUT2D eigenvalue weighted by molar-refractivity contribution is 7.90. The Labute approximate surface area is 217 Å². The van der Waals surface area contributed by atoms with E-state index >= 15 is 0 Å². The topological polar surface area (TPSA) is 107 Å². The predicted octanol–water partition coefficient (Wildman–Crippen LogP) is 5.31. The maximum atomic E-state index is 14.4. The smallest absolute Gasteiger partial charge is 0.281 e. The van der Waals surface area contributed by atoms with Crippen molar-refractivity contribution in [1.82, 2.24) is 14.7 Å². The summed E-state index contributed by atoms with van der Waals surface area (Å²) in [5.74, 6) is -0.854. The number of carbonyl (C=O) groups is 1. The van der Waals surface area contributed by atoms with Crippen molar-refractivity contribution in [2.75, 3.05) is 6.61 Å². The number of ether oxygens (including phenoxy) is 2. The van der Waals surface area contributed by atoms with Gasteiger partial charge in [-0.2, -0.15) is 8.42 Å². The van der Waals surface area contributed by atoms with Gasteiger partial charge in [-0.25, -0.2) is 19.1 Å². The molecule has 198 valence electrons. The number of carbonyl (C=O) groups excluding carboxylic acids is 1. The number of aryl methyl sites for hydroxylation is 1. The van der Waals surface area contributed by atoms with E-state index in [1.807, 2.05) is 32.4 Å². The Bertz CT molecular complexity index is 1360. The number of nitrogens with one attached hydrogen (secondary N) is 1. The first kappa shape index (κ1) is 28.0. The van der Waals surface area contributed by atoms with Crippen LogP contribution >= 0.6 is 0 Å². The van der Waals surface area contributed by atoms with E-state index in [0.29, 0.717) is 42.1 Å². The molecule has 0 radical (unpaired) electrons. The average molecular weight is 530 g/mol. The lowest BCUT2D eigenvalue weighted by atomic mass is 10.1. The van der Waals surface area contributed by atoms with Gasteiger partial charge in [-0.3, -0.25) is 4.79 Å². The molecule has 37 heavy (non-hydrogen) atoms. The number of hydrogen-bond acceptors (Lipinski definition) is 7. The Morgan fingerprint density at radius 2 is 1.78 bits per heavy atom. The number of sulfonamides is 1. The van der Waals surface area contributed by atoms with Crippen LogP contribution in [0.3, 0.4) is 0 Å². The molecule has 2 aromatic heterocycles. The monoisotopic (exact) mass is 529 g/mol. The highest BCUT2D eigenvalue weighted by Gasteiger charge is 2.25. The zero-order valence-electron chi connectivity index (χ0n) is 21.6. The van der Waals surface area contributed by atoms with Crippen LogP contribution in [0.5, 0.6) is 11.6 Å². The fourth-order valence-corrected chi connectivity index (χ4v) is 4.41. The van der Waals surface area contributed by atoms with Gasteiger partial charge in [-0.15, -0.1) is 0 Å². The fraction of sp³-hybridized carbons (Fsp3) is 0.370. The molecule has 0 bridgehead atoms. The van der Waals surface area contributed by atoms with Crippen LogP contribution in [0.4, 0.5) is 4.39 Å². The molecule has 0 aliphatic carbocycles. The van der Waals surface area contributed by atoms with Crippen LogP contribution in [0, 0.1) is 18.7 Å². The van der Waals surface area contributed by atoms with Gasteiger partial charge in [-0.05, 0) is 62.1 Å². The van der Waals surface area contributed by atoms with Crippen molar-refractivity contribution in [1.29, 1.82) is 0 Å². The molecule has 1 amide bonds. The molecule has 3 rings (SSSR count). The largest absolute Gasteiger partial charge is 0.493 e. The Morgan fingerprint density at radius 1 is 1.05 bits per heavy atom. The number of pyridine rings is 2. The van der Waals surface area contributed by atoms with Crippen molar-refractivity contribution in [2.45, 2.75) is 58.6 Å². The molecule has 0 unspecified atom stereocenters. The summed E-state index contributed by atoms with van der Waals surface area (Å²) in [6, 6.07) is 11.7. The highest BCUT2D eigenvalue weighted by Crippen LogP contribution is 2.29. The average Bonchev–Trinajstić information content (AvgIpc) is 2.85. The van der Waals surface area contributed by atoms with Crippen molar-refractivity contribution in [2.24, 2.45) is 5.92 Å². The first-order valence-corrected chi connectivity index (χ1v) is 13.6. The van der Waals surface area contributed by atoms with Gasteiger partial charge in [0, 0.05) is 17.3 Å². The van der Waals surface area contributed by atoms with Crippen LogP contribution in [-0.2, 0) is 10.0 Å². The molecule has 0 spiro atoms. The number of amides is 1. The van der Waals surface area contributed by atoms with Gasteiger partial charge in [0.1, 0.15) is 17.1 Å². The number of halogens is 1. The molecule has 0 aliphatic heterocycles. The number of benzene rings is 1. The summed E-state index contributed by atoms with van der Waals surface area (Å²) in [6.07, 6.45) is 1.02. The molecule has 0 saturated heterocycles. The zero-order chi connectivity index (χ0) is 27.2. The Kier molecular flexibility index (Phi) is 9.20. The molecule has 0 saturated carbocycles. The van der Waals surface area contributed by atoms with Crippen LogP contribution in [0.2, 0.25) is 0 Å². The van der Waals surface area contributed by atoms with E-state index in [9.17, 15) is 17.6 Å². The number of rotatable bonds is 11. The minimum absolute atomic E-state index is 0.0509. The van der Waals surface area contributed by atoms with Gasteiger partial charge in [0.2, 0.25) is 5.88 Å². The quantitative estimate of drug-likeness (QED) is 0.359. The Balaban J connectivity index is 1.99. The van der Waals surface area contributed by atoms with E-state index in [1.165, 1.54) is 36.4 Å². The third-order valence-electron chi connectivity index (χ3n) is 5.41. The summed E-state index contributed by atoms with van der Waals surface area (Å²) in [5, 5.41) is -0.276. The summed E-state index contributed by atoms with van der Waals surface area (Å²) >= 11 is 0. The molecule has 1 aromatic carbocycles. The van der Waals surface area contributed by atoms with Gasteiger partial charge >= 0.3 is 0 Å². The van der Waals surface area contributed by atoms with Crippen molar-refractivity contribution < 1.29 is 27.1 Å². The van der Waals surface area contributed by atoms with E-state index < -0.39 is 21.7 Å². The third-order valence-corrected chi connectivity index (χ3v) is 6.64. The maximum Gasteiger partial charge on any atom is 0.281 e. The SMILES string of the molecule is CCC(CC)Oc1nc(-c2cc(F)cc(OCC(C)C)c2)ccc1C(=O)NS(=O)(=O)c1cccc(C)n1. The second kappa shape index (κ2) is 12.1. The van der Waals surface area contributed by atoms with Crippen LogP contribution < -0.4 is 14.2 Å². The minimum atomic E-state index is -4.23. The maximum absolute atomic E-state index is 14.4. The lowest BCUT2D eigenvalue weighted by Gasteiger charge is -2.18. The second-order valence-corrected chi connectivity index (χ2v) is 10.7. The molecule has 8 nitrogen and oxygen atoms in total. The van der Waals surface area contributed by atoms with Crippen LogP contribution in [0.1, 0.15) is 56.6 Å². The zero-order valence-corrected chi connectivity index (χ0v) is 22.4. The first-order valence-electron chi connectivity index (χ1n) is 12.1. The van der Waals surface area contributed by atoms with Gasteiger partial charge < -0.3 is 9.47 Å². The predicted molar refractivity (Wildman–Crippen MR) is 139 cm³/mol. The van der Waals surface area contributed by atoms with Gasteiger partial charge in [0.15, 0.2) is 5.03 Å². The molecule has 3 aromatic rings. The van der Waals surface area contributed by atoms with E-state index in [1.54, 1.807) is 19.1 Å². The summed E-state index contributed by atoms with van der Waals surface area (Å²) in [7, 11) is -4.23. The highest BCUT2D eigenvalue weighted by atomic mass is 32.2. The lowest BCUT2D eigenvalue weighted by molar-refractivity contribution is 0.0971. The number of nitrogens with zero attached hydrogens (tertiary/aromatic N) is 2. The molecule has 0 fully saturated rings. The van der Waals surface area contributed by atoms with E-state index in [4.69, 9.17) is 9.47 Å². The normalized spacial score (nSPS) is 11.6. The molecular weight excluding hydrogens is 497 g/mol. The third kappa shape index (κ3) is 7.48. The summed E-state index contributed by atoms with van der Waals surface area (Å²) in [6.45, 7) is 9.90. The molecule has 0 aliphatic rings. The second-order valence-electron chi connectivity index (χ2n) is 9.04. The van der Waals surface area contributed by atoms with Crippen LogP contribution in [-0.4, -0.2) is 37.0 Å². The van der Waals surface area contributed by atoms with Crippen molar-refractivity contribution >= 4 is 15.9 Å². The van der Waals surface area contributed by atoms with Crippen LogP contribution in [0.25, 0.3) is 11.3 Å². The van der Waals surface area contributed by atoms with Gasteiger partial charge in [-0.1, -0.05) is 33.8 Å². The van der Waals surface area contributed by atoms with E-state index in [2.05, 4.69) is 9.97 Å². The Morgan fingerprint density at radius 3 is 2.43 bits per heavy atom. The minimum Gasteiger partial charge on any atom is -0.493 e. The summed E-state index contributed by atoms with van der Waals surface area (Å²) < 4.78 is 53.6. The van der Waals surface area contributed by atoms with Crippen molar-refractivity contribution in [3.63, 3.8) is 0 Å². The molecule has 10 heteroatoms. The van der Waals surface area contributed by atoms with Gasteiger partial charge in [0.05, 0.1) is 18.4 Å². The molecule has 0 atom stereocenters. The number of hydrogen-bond donors (Lipinski definition) is 1. The fourth-order valence-electron chi connectivity index (χ4n) is 3.43. The molecular formula is C27H32FN3O5S. The first-order chi connectivity index (χ1) is 17.5. The molecule has 2 heterocycles. The van der Waals surface area contributed by atoms with Crippen LogP contribution in [0.15, 0.2) is 53.6 Å². The van der Waals surface area contributed by atoms with Crippen molar-refractivity contribution in [3.05, 3.63) is 65.6 Å². The lowest BCUT2D eigenvalue weighted by Crippen LogP contribution is -2.32. The number of aromatic nitrogens is 2.